The van der Waals surface area contributed by atoms with Crippen molar-refractivity contribution in [1.29, 1.82) is 0 Å². The Morgan fingerprint density at radius 3 is 2.70 bits per heavy atom. The molecule has 0 saturated carbocycles. The van der Waals surface area contributed by atoms with Crippen molar-refractivity contribution in [2.45, 2.75) is 19.4 Å². The van der Waals surface area contributed by atoms with Crippen molar-refractivity contribution >= 4 is 11.6 Å². The largest absolute Gasteiger partial charge is 0.508 e. The summed E-state index contributed by atoms with van der Waals surface area (Å²) in [7, 11) is 0. The van der Waals surface area contributed by atoms with Crippen LogP contribution < -0.4 is 4.90 Å². The third kappa shape index (κ3) is 4.27. The van der Waals surface area contributed by atoms with Crippen molar-refractivity contribution in [1.82, 2.24) is 9.80 Å². The number of nitrogens with zero attached hydrogens (tertiary/aromatic N) is 3. The van der Waals surface area contributed by atoms with Gasteiger partial charge in [0.05, 0.1) is 18.7 Å². The first-order valence-electron chi connectivity index (χ1n) is 9.76. The zero-order valence-electron chi connectivity index (χ0n) is 15.6. The molecule has 3 heterocycles. The van der Waals surface area contributed by atoms with Crippen molar-refractivity contribution in [2.75, 3.05) is 44.2 Å². The number of carbonyl (C=O) groups is 1. The molecule has 2 aromatic rings. The molecule has 6 nitrogen and oxygen atoms in total. The highest BCUT2D eigenvalue weighted by molar-refractivity contribution is 5.79. The van der Waals surface area contributed by atoms with E-state index in [0.717, 1.165) is 70.1 Å². The zero-order valence-corrected chi connectivity index (χ0v) is 15.6. The third-order valence-electron chi connectivity index (χ3n) is 5.60. The third-order valence-corrected chi connectivity index (χ3v) is 5.60. The van der Waals surface area contributed by atoms with Crippen LogP contribution >= 0.6 is 0 Å². The minimum atomic E-state index is 0.0843. The topological polar surface area (TPSA) is 60.2 Å². The highest BCUT2D eigenvalue weighted by atomic mass is 16.3. The molecule has 0 radical (unpaired) electrons. The van der Waals surface area contributed by atoms with Crippen LogP contribution in [-0.2, 0) is 11.3 Å². The SMILES string of the molecule is O=C([C@H]1CCCN(Cc2ccco2)C1)N1CCN(c2cccc(O)c2)CC1. The molecule has 2 saturated heterocycles. The highest BCUT2D eigenvalue weighted by Crippen LogP contribution is 2.24. The number of piperidine rings is 1. The highest BCUT2D eigenvalue weighted by Gasteiger charge is 2.31. The van der Waals surface area contributed by atoms with Gasteiger partial charge in [0.2, 0.25) is 5.91 Å². The number of anilines is 1. The van der Waals surface area contributed by atoms with Crippen LogP contribution in [0.1, 0.15) is 18.6 Å². The first-order chi connectivity index (χ1) is 13.2. The summed E-state index contributed by atoms with van der Waals surface area (Å²) in [4.78, 5) is 19.6. The smallest absolute Gasteiger partial charge is 0.227 e. The monoisotopic (exact) mass is 369 g/mol. The summed E-state index contributed by atoms with van der Waals surface area (Å²) in [6.45, 7) is 5.70. The Kier molecular flexibility index (Phi) is 5.34. The number of hydrogen-bond acceptors (Lipinski definition) is 5. The molecule has 2 fully saturated rings. The molecule has 0 unspecified atom stereocenters. The molecule has 2 aliphatic rings. The van der Waals surface area contributed by atoms with Crippen LogP contribution in [-0.4, -0.2) is 60.1 Å². The summed E-state index contributed by atoms with van der Waals surface area (Å²) >= 11 is 0. The maximum atomic E-state index is 13.0. The fraction of sp³-hybridized carbons (Fsp3) is 0.476. The van der Waals surface area contributed by atoms with Crippen molar-refractivity contribution in [3.05, 3.63) is 48.4 Å². The number of hydrogen-bond donors (Lipinski definition) is 1. The number of phenolic OH excluding ortho intramolecular Hbond substituents is 1. The van der Waals surface area contributed by atoms with E-state index in [2.05, 4.69) is 9.80 Å². The summed E-state index contributed by atoms with van der Waals surface area (Å²) in [6, 6.07) is 11.2. The van der Waals surface area contributed by atoms with Gasteiger partial charge in [0.25, 0.3) is 0 Å². The van der Waals surface area contributed by atoms with E-state index in [-0.39, 0.29) is 17.6 Å². The molecular formula is C21H27N3O3. The molecule has 1 amide bonds. The number of likely N-dealkylation sites (tertiary alicyclic amines) is 1. The van der Waals surface area contributed by atoms with E-state index in [0.29, 0.717) is 0 Å². The lowest BCUT2D eigenvalue weighted by Crippen LogP contribution is -2.52. The Morgan fingerprint density at radius 1 is 1.11 bits per heavy atom. The number of furan rings is 1. The second kappa shape index (κ2) is 8.05. The van der Waals surface area contributed by atoms with E-state index in [4.69, 9.17) is 4.42 Å². The molecule has 4 rings (SSSR count). The fourth-order valence-electron chi connectivity index (χ4n) is 4.16. The van der Waals surface area contributed by atoms with Crippen LogP contribution in [0.3, 0.4) is 0 Å². The second-order valence-corrected chi connectivity index (χ2v) is 7.49. The maximum Gasteiger partial charge on any atom is 0.227 e. The number of amides is 1. The average molecular weight is 369 g/mol. The number of aromatic hydroxyl groups is 1. The van der Waals surface area contributed by atoms with Gasteiger partial charge in [0, 0.05) is 44.5 Å². The number of benzene rings is 1. The second-order valence-electron chi connectivity index (χ2n) is 7.49. The van der Waals surface area contributed by atoms with Gasteiger partial charge in [-0.25, -0.2) is 0 Å². The molecular weight excluding hydrogens is 342 g/mol. The normalized spacial score (nSPS) is 21.4. The minimum Gasteiger partial charge on any atom is -0.508 e. The number of carbonyl (C=O) groups excluding carboxylic acids is 1. The Balaban J connectivity index is 1.31. The number of piperazine rings is 1. The van der Waals surface area contributed by atoms with Crippen LogP contribution in [0.4, 0.5) is 5.69 Å². The Bertz CT molecular complexity index is 754. The van der Waals surface area contributed by atoms with E-state index in [1.165, 1.54) is 0 Å². The first kappa shape index (κ1) is 17.9. The van der Waals surface area contributed by atoms with Crippen molar-refractivity contribution in [3.8, 4) is 5.75 Å². The molecule has 27 heavy (non-hydrogen) atoms. The van der Waals surface area contributed by atoms with Gasteiger partial charge < -0.3 is 19.3 Å². The molecule has 2 aliphatic heterocycles. The molecule has 6 heteroatoms. The lowest BCUT2D eigenvalue weighted by Gasteiger charge is -2.39. The lowest BCUT2D eigenvalue weighted by atomic mass is 9.96. The van der Waals surface area contributed by atoms with Crippen molar-refractivity contribution in [2.24, 2.45) is 5.92 Å². The molecule has 144 valence electrons. The summed E-state index contributed by atoms with van der Waals surface area (Å²) in [5.41, 5.74) is 1.02. The van der Waals surface area contributed by atoms with Gasteiger partial charge in [0.15, 0.2) is 0 Å². The van der Waals surface area contributed by atoms with Gasteiger partial charge in [-0.1, -0.05) is 6.07 Å². The summed E-state index contributed by atoms with van der Waals surface area (Å²) in [5, 5.41) is 9.67. The fourth-order valence-corrected chi connectivity index (χ4v) is 4.16. The van der Waals surface area contributed by atoms with Crippen LogP contribution in [0.5, 0.6) is 5.75 Å². The van der Waals surface area contributed by atoms with E-state index >= 15 is 0 Å². The average Bonchev–Trinajstić information content (AvgIpc) is 3.21. The molecule has 0 spiro atoms. The van der Waals surface area contributed by atoms with Gasteiger partial charge in [0.1, 0.15) is 11.5 Å². The van der Waals surface area contributed by atoms with Crippen LogP contribution in [0, 0.1) is 5.92 Å². The van der Waals surface area contributed by atoms with Gasteiger partial charge in [-0.3, -0.25) is 9.69 Å². The predicted molar refractivity (Wildman–Crippen MR) is 104 cm³/mol. The molecule has 1 aromatic carbocycles. The summed E-state index contributed by atoms with van der Waals surface area (Å²) in [5.74, 6) is 1.61. The predicted octanol–water partition coefficient (Wildman–Crippen LogP) is 2.55. The van der Waals surface area contributed by atoms with E-state index in [1.807, 2.05) is 29.2 Å². The Labute approximate surface area is 160 Å². The maximum absolute atomic E-state index is 13.0. The number of rotatable bonds is 4. The first-order valence-corrected chi connectivity index (χ1v) is 9.76. The van der Waals surface area contributed by atoms with Gasteiger partial charge in [-0.2, -0.15) is 0 Å². The Hall–Kier alpha value is -2.47. The van der Waals surface area contributed by atoms with Crippen molar-refractivity contribution < 1.29 is 14.3 Å². The van der Waals surface area contributed by atoms with E-state index in [1.54, 1.807) is 18.4 Å². The van der Waals surface area contributed by atoms with Crippen LogP contribution in [0.25, 0.3) is 0 Å². The van der Waals surface area contributed by atoms with Gasteiger partial charge in [-0.05, 0) is 43.7 Å². The molecule has 0 bridgehead atoms. The molecule has 1 N–H and O–H groups in total. The summed E-state index contributed by atoms with van der Waals surface area (Å²) in [6.07, 6.45) is 3.73. The minimum absolute atomic E-state index is 0.0843. The van der Waals surface area contributed by atoms with Crippen LogP contribution in [0.2, 0.25) is 0 Å². The Morgan fingerprint density at radius 2 is 1.96 bits per heavy atom. The van der Waals surface area contributed by atoms with E-state index in [9.17, 15) is 9.90 Å². The van der Waals surface area contributed by atoms with Gasteiger partial charge in [-0.15, -0.1) is 0 Å². The van der Waals surface area contributed by atoms with Crippen LogP contribution in [0.15, 0.2) is 47.1 Å². The molecule has 0 aliphatic carbocycles. The number of phenols is 1. The van der Waals surface area contributed by atoms with Crippen molar-refractivity contribution in [3.63, 3.8) is 0 Å². The summed E-state index contributed by atoms with van der Waals surface area (Å²) < 4.78 is 5.45. The quantitative estimate of drug-likeness (QED) is 0.898. The van der Waals surface area contributed by atoms with E-state index < -0.39 is 0 Å². The van der Waals surface area contributed by atoms with Gasteiger partial charge >= 0.3 is 0 Å². The standard InChI is InChI=1S/C21H27N3O3/c25-19-6-1-5-18(14-19)23-9-11-24(12-10-23)21(26)17-4-2-8-22(15-17)16-20-7-3-13-27-20/h1,3,5-7,13-14,17,25H,2,4,8-12,15-16H2/t17-/m0/s1. The molecule has 1 atom stereocenters. The molecule has 1 aromatic heterocycles. The lowest BCUT2D eigenvalue weighted by molar-refractivity contribution is -0.137. The zero-order chi connectivity index (χ0) is 18.6.